The van der Waals surface area contributed by atoms with Gasteiger partial charge in [0.15, 0.2) is 6.10 Å². The molecular weight excluding hydrogens is 438 g/mol. The fourth-order valence-electron chi connectivity index (χ4n) is 4.54. The second kappa shape index (κ2) is 7.94. The van der Waals surface area contributed by atoms with Gasteiger partial charge in [0.25, 0.3) is 0 Å². The molecule has 2 aliphatic heterocycles. The molecule has 0 unspecified atom stereocenters. The van der Waals surface area contributed by atoms with E-state index in [-0.39, 0.29) is 6.04 Å². The number of para-hydroxylation sites is 1. The van der Waals surface area contributed by atoms with E-state index in [0.717, 1.165) is 39.5 Å². The standard InChI is InChI=1S/C25H20ClN5O2/c1-2-32-19-8-4-3-7-17(19)24-21-22(18-12-16(26)9-10-20(18)33-24)30-25-28-14-29-31(25)23(21)15-6-5-11-27-13-15/h3-14,23-24H,2H2,1H3,(H,28,29,30)/t23-,24+/m1/s1. The van der Waals surface area contributed by atoms with Crippen LogP contribution in [0.3, 0.4) is 0 Å². The Labute approximate surface area is 195 Å². The molecular formula is C25H20ClN5O2. The van der Waals surface area contributed by atoms with Crippen molar-refractivity contribution in [2.24, 2.45) is 0 Å². The number of pyridine rings is 1. The zero-order chi connectivity index (χ0) is 22.4. The molecule has 0 aliphatic carbocycles. The lowest BCUT2D eigenvalue weighted by Crippen LogP contribution is -2.32. The van der Waals surface area contributed by atoms with E-state index >= 15 is 0 Å². The van der Waals surface area contributed by atoms with Gasteiger partial charge in [-0.2, -0.15) is 10.1 Å². The number of anilines is 1. The molecule has 2 aliphatic rings. The molecule has 4 heterocycles. The number of nitrogens with one attached hydrogen (secondary N) is 1. The highest BCUT2D eigenvalue weighted by molar-refractivity contribution is 6.30. The second-order valence-electron chi connectivity index (χ2n) is 7.78. The van der Waals surface area contributed by atoms with Gasteiger partial charge >= 0.3 is 0 Å². The molecule has 0 amide bonds. The van der Waals surface area contributed by atoms with E-state index < -0.39 is 6.10 Å². The Hall–Kier alpha value is -3.84. The molecule has 0 bridgehead atoms. The van der Waals surface area contributed by atoms with Gasteiger partial charge in [0.2, 0.25) is 5.95 Å². The molecule has 0 radical (unpaired) electrons. The Morgan fingerprint density at radius 2 is 2.06 bits per heavy atom. The van der Waals surface area contributed by atoms with Gasteiger partial charge in [0.1, 0.15) is 23.9 Å². The lowest BCUT2D eigenvalue weighted by molar-refractivity contribution is 0.215. The molecule has 4 aromatic rings. The van der Waals surface area contributed by atoms with Gasteiger partial charge in [-0.3, -0.25) is 4.98 Å². The van der Waals surface area contributed by atoms with Gasteiger partial charge in [-0.05, 0) is 42.8 Å². The number of hydrogen-bond donors (Lipinski definition) is 1. The van der Waals surface area contributed by atoms with Gasteiger partial charge in [-0.1, -0.05) is 35.9 Å². The van der Waals surface area contributed by atoms with Gasteiger partial charge in [0, 0.05) is 34.1 Å². The molecule has 2 aromatic heterocycles. The van der Waals surface area contributed by atoms with Crippen LogP contribution < -0.4 is 14.8 Å². The molecule has 2 aromatic carbocycles. The van der Waals surface area contributed by atoms with Crippen LogP contribution in [-0.4, -0.2) is 26.4 Å². The van der Waals surface area contributed by atoms with Gasteiger partial charge < -0.3 is 14.8 Å². The normalized spacial score (nSPS) is 18.5. The van der Waals surface area contributed by atoms with Crippen molar-refractivity contribution in [2.45, 2.75) is 19.1 Å². The summed E-state index contributed by atoms with van der Waals surface area (Å²) in [7, 11) is 0. The minimum Gasteiger partial charge on any atom is -0.493 e. The summed E-state index contributed by atoms with van der Waals surface area (Å²) in [6.07, 6.45) is 4.74. The van der Waals surface area contributed by atoms with E-state index in [1.54, 1.807) is 12.5 Å². The maximum atomic E-state index is 6.65. The number of rotatable bonds is 4. The largest absolute Gasteiger partial charge is 0.493 e. The number of ether oxygens (including phenoxy) is 2. The minimum absolute atomic E-state index is 0.278. The summed E-state index contributed by atoms with van der Waals surface area (Å²) in [5, 5.41) is 8.65. The van der Waals surface area contributed by atoms with Crippen LogP contribution in [0, 0.1) is 0 Å². The summed E-state index contributed by atoms with van der Waals surface area (Å²) in [4.78, 5) is 8.82. The van der Waals surface area contributed by atoms with Crippen molar-refractivity contribution in [1.29, 1.82) is 0 Å². The maximum absolute atomic E-state index is 6.65. The lowest BCUT2D eigenvalue weighted by Gasteiger charge is -2.39. The summed E-state index contributed by atoms with van der Waals surface area (Å²) >= 11 is 6.39. The summed E-state index contributed by atoms with van der Waals surface area (Å²) in [5.41, 5.74) is 4.69. The SMILES string of the molecule is CCOc1ccccc1[C@@H]1Oc2ccc(Cl)cc2C2=C1[C@@H](c1cccnc1)n1ncnc1N2. The third-order valence-electron chi connectivity index (χ3n) is 5.88. The molecule has 33 heavy (non-hydrogen) atoms. The van der Waals surface area contributed by atoms with Crippen molar-refractivity contribution in [3.8, 4) is 11.5 Å². The van der Waals surface area contributed by atoms with Crippen molar-refractivity contribution in [3.63, 3.8) is 0 Å². The van der Waals surface area contributed by atoms with Crippen molar-refractivity contribution in [1.82, 2.24) is 19.7 Å². The fraction of sp³-hybridized carbons (Fsp3) is 0.160. The smallest absolute Gasteiger partial charge is 0.226 e. The molecule has 164 valence electrons. The first-order valence-corrected chi connectivity index (χ1v) is 11.1. The first-order valence-electron chi connectivity index (χ1n) is 10.7. The zero-order valence-electron chi connectivity index (χ0n) is 17.8. The Kier molecular flexibility index (Phi) is 4.77. The molecule has 2 atom stereocenters. The van der Waals surface area contributed by atoms with Crippen LogP contribution in [0.1, 0.15) is 35.8 Å². The molecule has 6 rings (SSSR count). The van der Waals surface area contributed by atoms with Crippen LogP contribution in [0.2, 0.25) is 5.02 Å². The highest BCUT2D eigenvalue weighted by Crippen LogP contribution is 2.52. The van der Waals surface area contributed by atoms with Crippen LogP contribution in [-0.2, 0) is 0 Å². The highest BCUT2D eigenvalue weighted by atomic mass is 35.5. The molecule has 0 spiro atoms. The summed E-state index contributed by atoms with van der Waals surface area (Å²) in [6.45, 7) is 2.53. The van der Waals surface area contributed by atoms with Crippen molar-refractivity contribution in [3.05, 3.63) is 101 Å². The number of aromatic nitrogens is 4. The van der Waals surface area contributed by atoms with E-state index in [2.05, 4.69) is 20.4 Å². The number of halogens is 1. The summed E-state index contributed by atoms with van der Waals surface area (Å²) in [6, 6.07) is 17.3. The molecule has 0 saturated heterocycles. The zero-order valence-corrected chi connectivity index (χ0v) is 18.5. The predicted molar refractivity (Wildman–Crippen MR) is 125 cm³/mol. The molecule has 7 nitrogen and oxygen atoms in total. The van der Waals surface area contributed by atoms with Crippen LogP contribution in [0.25, 0.3) is 5.70 Å². The minimum atomic E-state index is -0.425. The summed E-state index contributed by atoms with van der Waals surface area (Å²) < 4.78 is 14.5. The Balaban J connectivity index is 1.64. The first kappa shape index (κ1) is 19.8. The van der Waals surface area contributed by atoms with Gasteiger partial charge in [0.05, 0.1) is 12.3 Å². The molecule has 0 saturated carbocycles. The monoisotopic (exact) mass is 457 g/mol. The Morgan fingerprint density at radius 3 is 2.91 bits per heavy atom. The fourth-order valence-corrected chi connectivity index (χ4v) is 4.71. The average Bonchev–Trinajstić information content (AvgIpc) is 3.32. The summed E-state index contributed by atoms with van der Waals surface area (Å²) in [5.74, 6) is 2.16. The highest BCUT2D eigenvalue weighted by Gasteiger charge is 2.42. The molecule has 8 heteroatoms. The quantitative estimate of drug-likeness (QED) is 0.449. The Morgan fingerprint density at radius 1 is 1.15 bits per heavy atom. The molecule has 0 fully saturated rings. The van der Waals surface area contributed by atoms with Crippen LogP contribution in [0.15, 0.2) is 78.9 Å². The number of fused-ring (bicyclic) bond motifs is 3. The number of nitrogens with zero attached hydrogens (tertiary/aromatic N) is 4. The third-order valence-corrected chi connectivity index (χ3v) is 6.11. The molecule has 1 N–H and O–H groups in total. The van der Waals surface area contributed by atoms with Crippen LogP contribution in [0.5, 0.6) is 11.5 Å². The average molecular weight is 458 g/mol. The third kappa shape index (κ3) is 3.24. The van der Waals surface area contributed by atoms with Crippen LogP contribution >= 0.6 is 11.6 Å². The maximum Gasteiger partial charge on any atom is 0.226 e. The van der Waals surface area contributed by atoms with E-state index in [1.807, 2.05) is 72.4 Å². The van der Waals surface area contributed by atoms with E-state index in [0.29, 0.717) is 17.6 Å². The van der Waals surface area contributed by atoms with Crippen molar-refractivity contribution < 1.29 is 9.47 Å². The number of benzene rings is 2. The predicted octanol–water partition coefficient (Wildman–Crippen LogP) is 5.29. The van der Waals surface area contributed by atoms with Gasteiger partial charge in [-0.25, -0.2) is 4.68 Å². The van der Waals surface area contributed by atoms with Crippen LogP contribution in [0.4, 0.5) is 5.95 Å². The van der Waals surface area contributed by atoms with Gasteiger partial charge in [-0.15, -0.1) is 0 Å². The van der Waals surface area contributed by atoms with Crippen molar-refractivity contribution in [2.75, 3.05) is 11.9 Å². The second-order valence-corrected chi connectivity index (χ2v) is 8.22. The van der Waals surface area contributed by atoms with Crippen molar-refractivity contribution >= 4 is 23.2 Å². The topological polar surface area (TPSA) is 74.1 Å². The van der Waals surface area contributed by atoms with E-state index in [4.69, 9.17) is 21.1 Å². The number of hydrogen-bond acceptors (Lipinski definition) is 6. The lowest BCUT2D eigenvalue weighted by atomic mass is 9.85. The van der Waals surface area contributed by atoms with E-state index in [1.165, 1.54) is 0 Å². The Bertz CT molecular complexity index is 1370. The first-order chi connectivity index (χ1) is 16.2. The van der Waals surface area contributed by atoms with E-state index in [9.17, 15) is 0 Å².